The van der Waals surface area contributed by atoms with Crippen LogP contribution in [-0.2, 0) is 0 Å². The minimum absolute atomic E-state index is 0.841. The first-order valence-electron chi connectivity index (χ1n) is 6.07. The number of rotatable bonds is 5. The maximum absolute atomic E-state index is 4.34. The van der Waals surface area contributed by atoms with Crippen LogP contribution < -0.4 is 0 Å². The highest BCUT2D eigenvalue weighted by Gasteiger charge is 2.41. The van der Waals surface area contributed by atoms with Gasteiger partial charge in [0, 0.05) is 0 Å². The molecule has 0 bridgehead atoms. The van der Waals surface area contributed by atoms with Gasteiger partial charge in [-0.1, -0.05) is 5.22 Å². The van der Waals surface area contributed by atoms with E-state index < -0.39 is 0 Å². The molecule has 1 aliphatic heterocycles. The van der Waals surface area contributed by atoms with Crippen LogP contribution in [0.5, 0.6) is 0 Å². The Morgan fingerprint density at radius 3 is 2.53 bits per heavy atom. The molecule has 0 saturated heterocycles. The lowest BCUT2D eigenvalue weighted by atomic mass is 9.98. The standard InChI is InChI=1S/C11H18N4/c1-2-9(1)11(10-3-4-10)7-13-14-15-6-5-12-8-15/h8-11H,1-7H2. The molecule has 2 saturated carbocycles. The van der Waals surface area contributed by atoms with Gasteiger partial charge in [0.25, 0.3) is 0 Å². The van der Waals surface area contributed by atoms with Crippen LogP contribution in [0, 0.1) is 17.8 Å². The summed E-state index contributed by atoms with van der Waals surface area (Å²) in [6.45, 7) is 2.72. The number of hydrogen-bond acceptors (Lipinski definition) is 3. The van der Waals surface area contributed by atoms with E-state index in [1.807, 2.05) is 5.01 Å². The van der Waals surface area contributed by atoms with Crippen LogP contribution in [0.2, 0.25) is 0 Å². The molecular formula is C11H18N4. The summed E-state index contributed by atoms with van der Waals surface area (Å²) >= 11 is 0. The maximum atomic E-state index is 4.34. The molecule has 4 nitrogen and oxygen atoms in total. The van der Waals surface area contributed by atoms with Gasteiger partial charge in [-0.2, -0.15) is 5.11 Å². The average Bonchev–Trinajstić information content (AvgIpc) is 3.15. The second kappa shape index (κ2) is 3.91. The van der Waals surface area contributed by atoms with Gasteiger partial charge in [0.2, 0.25) is 0 Å². The summed E-state index contributed by atoms with van der Waals surface area (Å²) in [5.41, 5.74) is 0. The molecule has 2 aliphatic carbocycles. The summed E-state index contributed by atoms with van der Waals surface area (Å²) < 4.78 is 0. The quantitative estimate of drug-likeness (QED) is 0.635. The van der Waals surface area contributed by atoms with Crippen molar-refractivity contribution in [3.05, 3.63) is 0 Å². The van der Waals surface area contributed by atoms with Crippen LogP contribution in [0.4, 0.5) is 0 Å². The van der Waals surface area contributed by atoms with E-state index in [2.05, 4.69) is 15.3 Å². The Labute approximate surface area is 90.4 Å². The topological polar surface area (TPSA) is 40.3 Å². The van der Waals surface area contributed by atoms with Crippen molar-refractivity contribution in [1.82, 2.24) is 5.01 Å². The van der Waals surface area contributed by atoms with Crippen molar-refractivity contribution < 1.29 is 0 Å². The molecule has 15 heavy (non-hydrogen) atoms. The van der Waals surface area contributed by atoms with Crippen LogP contribution in [0.15, 0.2) is 15.3 Å². The lowest BCUT2D eigenvalue weighted by molar-refractivity contribution is 0.385. The Morgan fingerprint density at radius 2 is 2.00 bits per heavy atom. The van der Waals surface area contributed by atoms with E-state index >= 15 is 0 Å². The van der Waals surface area contributed by atoms with Gasteiger partial charge in [0.15, 0.2) is 0 Å². The molecule has 1 heterocycles. The van der Waals surface area contributed by atoms with Gasteiger partial charge in [0.05, 0.1) is 19.6 Å². The highest BCUT2D eigenvalue weighted by molar-refractivity contribution is 5.56. The summed E-state index contributed by atoms with van der Waals surface area (Å²) in [6, 6.07) is 0. The largest absolute Gasteiger partial charge is 0.272 e. The van der Waals surface area contributed by atoms with Crippen LogP contribution in [-0.4, -0.2) is 31.0 Å². The van der Waals surface area contributed by atoms with Gasteiger partial charge in [-0.15, -0.1) is 0 Å². The van der Waals surface area contributed by atoms with Crippen LogP contribution in [0.1, 0.15) is 25.7 Å². The molecule has 2 fully saturated rings. The van der Waals surface area contributed by atoms with E-state index in [0.29, 0.717) is 0 Å². The minimum Gasteiger partial charge on any atom is -0.272 e. The van der Waals surface area contributed by atoms with Gasteiger partial charge >= 0.3 is 0 Å². The molecule has 0 aromatic carbocycles. The lowest BCUT2D eigenvalue weighted by Gasteiger charge is -2.11. The van der Waals surface area contributed by atoms with Gasteiger partial charge < -0.3 is 0 Å². The number of hydrogen-bond donors (Lipinski definition) is 0. The van der Waals surface area contributed by atoms with Crippen molar-refractivity contribution in [2.45, 2.75) is 25.7 Å². The van der Waals surface area contributed by atoms with E-state index in [4.69, 9.17) is 0 Å². The fourth-order valence-electron chi connectivity index (χ4n) is 2.38. The third-order valence-corrected chi connectivity index (χ3v) is 3.60. The SMILES string of the molecule is C1=NCCN1N=NCC(C1CC1)C1CC1. The molecule has 0 unspecified atom stereocenters. The van der Waals surface area contributed by atoms with Gasteiger partial charge in [-0.3, -0.25) is 4.99 Å². The van der Waals surface area contributed by atoms with E-state index in [9.17, 15) is 0 Å². The number of nitrogens with zero attached hydrogens (tertiary/aromatic N) is 4. The first-order chi connectivity index (χ1) is 7.43. The summed E-state index contributed by atoms with van der Waals surface area (Å²) in [5.74, 6) is 2.79. The zero-order valence-corrected chi connectivity index (χ0v) is 9.05. The van der Waals surface area contributed by atoms with Crippen molar-refractivity contribution in [1.29, 1.82) is 0 Å². The summed E-state index contributed by atoms with van der Waals surface area (Å²) in [6.07, 6.45) is 7.51. The Bertz CT molecular complexity index is 266. The first kappa shape index (κ1) is 9.31. The van der Waals surface area contributed by atoms with Crippen LogP contribution in [0.25, 0.3) is 0 Å². The molecule has 3 rings (SSSR count). The van der Waals surface area contributed by atoms with Gasteiger partial charge in [0.1, 0.15) is 6.34 Å². The van der Waals surface area contributed by atoms with E-state index in [1.54, 1.807) is 6.34 Å². The van der Waals surface area contributed by atoms with Crippen LogP contribution >= 0.6 is 0 Å². The Hall–Kier alpha value is -0.930. The van der Waals surface area contributed by atoms with Crippen LogP contribution in [0.3, 0.4) is 0 Å². The predicted molar refractivity (Wildman–Crippen MR) is 58.7 cm³/mol. The normalized spacial score (nSPS) is 26.1. The third kappa shape index (κ3) is 2.36. The van der Waals surface area contributed by atoms with E-state index in [1.165, 1.54) is 25.7 Å². The van der Waals surface area contributed by atoms with Crippen molar-refractivity contribution in [3.8, 4) is 0 Å². The summed E-state index contributed by atoms with van der Waals surface area (Å²) in [5, 5.41) is 10.4. The number of aliphatic imine (C=N–C) groups is 1. The smallest absolute Gasteiger partial charge is 0.108 e. The van der Waals surface area contributed by atoms with E-state index in [0.717, 1.165) is 37.4 Å². The third-order valence-electron chi connectivity index (χ3n) is 3.60. The zero-order chi connectivity index (χ0) is 10.1. The first-order valence-corrected chi connectivity index (χ1v) is 6.07. The molecule has 0 atom stereocenters. The van der Waals surface area contributed by atoms with Crippen molar-refractivity contribution in [3.63, 3.8) is 0 Å². The molecule has 0 aromatic heterocycles. The highest BCUT2D eigenvalue weighted by Crippen LogP contribution is 2.49. The van der Waals surface area contributed by atoms with E-state index in [-0.39, 0.29) is 0 Å². The molecule has 4 heteroatoms. The summed E-state index contributed by atoms with van der Waals surface area (Å²) in [7, 11) is 0. The maximum Gasteiger partial charge on any atom is 0.108 e. The highest BCUT2D eigenvalue weighted by atomic mass is 15.6. The van der Waals surface area contributed by atoms with Crippen molar-refractivity contribution in [2.75, 3.05) is 19.6 Å². The molecule has 0 radical (unpaired) electrons. The molecule has 0 spiro atoms. The average molecular weight is 206 g/mol. The Balaban J connectivity index is 1.48. The second-order valence-electron chi connectivity index (χ2n) is 4.94. The fraction of sp³-hybridized carbons (Fsp3) is 0.909. The molecule has 82 valence electrons. The zero-order valence-electron chi connectivity index (χ0n) is 9.05. The predicted octanol–water partition coefficient (Wildman–Crippen LogP) is 2.13. The monoisotopic (exact) mass is 206 g/mol. The molecule has 0 N–H and O–H groups in total. The van der Waals surface area contributed by atoms with Crippen molar-refractivity contribution in [2.24, 2.45) is 33.1 Å². The Kier molecular flexibility index (Phi) is 2.43. The van der Waals surface area contributed by atoms with Gasteiger partial charge in [-0.05, 0) is 43.4 Å². The Morgan fingerprint density at radius 1 is 1.27 bits per heavy atom. The fourth-order valence-corrected chi connectivity index (χ4v) is 2.38. The molecule has 3 aliphatic rings. The second-order valence-corrected chi connectivity index (χ2v) is 4.94. The van der Waals surface area contributed by atoms with Crippen molar-refractivity contribution >= 4 is 6.34 Å². The summed E-state index contributed by atoms with van der Waals surface area (Å²) in [4.78, 5) is 4.10. The molecule has 0 amide bonds. The van der Waals surface area contributed by atoms with Gasteiger partial charge in [-0.25, -0.2) is 5.01 Å². The lowest BCUT2D eigenvalue weighted by Crippen LogP contribution is -2.13. The molecule has 0 aromatic rings. The molecular weight excluding hydrogens is 188 g/mol. The minimum atomic E-state index is 0.841.